The number of hydrogen-bond donors (Lipinski definition) is 0. The fraction of sp³-hybridized carbons (Fsp3) is 0.133. The van der Waals surface area contributed by atoms with Crippen LogP contribution in [0.15, 0.2) is 36.4 Å². The molecule has 0 N–H and O–H groups in total. The second kappa shape index (κ2) is 6.01. The van der Waals surface area contributed by atoms with Crippen LogP contribution in [0.3, 0.4) is 0 Å². The average molecular weight is 297 g/mol. The summed E-state index contributed by atoms with van der Waals surface area (Å²) in [5.41, 5.74) is 0.391. The van der Waals surface area contributed by atoms with Gasteiger partial charge in [-0.3, -0.25) is 4.79 Å². The normalized spacial score (nSPS) is 10.4. The highest BCUT2D eigenvalue weighted by molar-refractivity contribution is 6.30. The first-order valence-corrected chi connectivity index (χ1v) is 6.19. The zero-order valence-electron chi connectivity index (χ0n) is 10.6. The fourth-order valence-corrected chi connectivity index (χ4v) is 2.06. The molecule has 0 bridgehead atoms. The molecule has 2 nitrogen and oxygen atoms in total. The molecule has 2 aromatic rings. The molecule has 2 aromatic carbocycles. The van der Waals surface area contributed by atoms with Gasteiger partial charge >= 0.3 is 0 Å². The van der Waals surface area contributed by atoms with Gasteiger partial charge in [-0.15, -0.1) is 0 Å². The van der Waals surface area contributed by atoms with E-state index >= 15 is 0 Å². The van der Waals surface area contributed by atoms with Crippen molar-refractivity contribution in [2.24, 2.45) is 0 Å². The molecule has 0 fully saturated rings. The summed E-state index contributed by atoms with van der Waals surface area (Å²) in [6.07, 6.45) is -0.0771. The van der Waals surface area contributed by atoms with Crippen molar-refractivity contribution in [3.05, 3.63) is 64.2 Å². The lowest BCUT2D eigenvalue weighted by molar-refractivity contribution is 0.0988. The number of methoxy groups -OCH3 is 1. The standard InChI is InChI=1S/C15H11ClF2O2/c1-20-15-5-2-10(16)6-9(15)7-14(19)12-4-3-11(17)8-13(12)18/h2-6,8H,7H2,1H3. The molecule has 0 unspecified atom stereocenters. The van der Waals surface area contributed by atoms with Crippen molar-refractivity contribution in [1.29, 1.82) is 0 Å². The Hall–Kier alpha value is -1.94. The highest BCUT2D eigenvalue weighted by atomic mass is 35.5. The maximum Gasteiger partial charge on any atom is 0.170 e. The third-order valence-electron chi connectivity index (χ3n) is 2.82. The van der Waals surface area contributed by atoms with E-state index in [1.165, 1.54) is 7.11 Å². The van der Waals surface area contributed by atoms with Crippen molar-refractivity contribution in [1.82, 2.24) is 0 Å². The van der Waals surface area contributed by atoms with Crippen molar-refractivity contribution in [2.75, 3.05) is 7.11 Å². The molecule has 0 aromatic heterocycles. The molecule has 2 rings (SSSR count). The van der Waals surface area contributed by atoms with Crippen molar-refractivity contribution < 1.29 is 18.3 Å². The van der Waals surface area contributed by atoms with Crippen LogP contribution in [0.2, 0.25) is 5.02 Å². The first kappa shape index (κ1) is 14.5. The van der Waals surface area contributed by atoms with Crippen molar-refractivity contribution >= 4 is 17.4 Å². The van der Waals surface area contributed by atoms with Crippen LogP contribution in [0.5, 0.6) is 5.75 Å². The number of rotatable bonds is 4. The Labute approximate surface area is 119 Å². The second-order valence-electron chi connectivity index (χ2n) is 4.18. The summed E-state index contributed by atoms with van der Waals surface area (Å²) in [6, 6.07) is 7.70. The van der Waals surface area contributed by atoms with Crippen LogP contribution in [0.1, 0.15) is 15.9 Å². The van der Waals surface area contributed by atoms with E-state index in [0.29, 0.717) is 22.4 Å². The Balaban J connectivity index is 2.30. The Morgan fingerprint density at radius 2 is 1.95 bits per heavy atom. The number of ether oxygens (including phenoxy) is 1. The number of benzene rings is 2. The SMILES string of the molecule is COc1ccc(Cl)cc1CC(=O)c1ccc(F)cc1F. The molecular weight excluding hydrogens is 286 g/mol. The minimum atomic E-state index is -0.879. The molecule has 0 saturated heterocycles. The van der Waals surface area contributed by atoms with Crippen LogP contribution < -0.4 is 4.74 Å². The van der Waals surface area contributed by atoms with E-state index in [4.69, 9.17) is 16.3 Å². The van der Waals surface area contributed by atoms with E-state index in [0.717, 1.165) is 12.1 Å². The highest BCUT2D eigenvalue weighted by Gasteiger charge is 2.15. The van der Waals surface area contributed by atoms with Gasteiger partial charge in [-0.25, -0.2) is 8.78 Å². The summed E-state index contributed by atoms with van der Waals surface area (Å²) in [5, 5.41) is 0.452. The van der Waals surface area contributed by atoms with Crippen LogP contribution in [-0.2, 0) is 6.42 Å². The quantitative estimate of drug-likeness (QED) is 0.796. The first-order valence-electron chi connectivity index (χ1n) is 5.82. The van der Waals surface area contributed by atoms with Crippen LogP contribution in [0, 0.1) is 11.6 Å². The monoisotopic (exact) mass is 296 g/mol. The van der Waals surface area contributed by atoms with Gasteiger partial charge in [0.15, 0.2) is 5.78 Å². The molecular formula is C15H11ClF2O2. The molecule has 0 amide bonds. The third kappa shape index (κ3) is 3.14. The summed E-state index contributed by atoms with van der Waals surface area (Å²) < 4.78 is 31.5. The van der Waals surface area contributed by atoms with E-state index in [-0.39, 0.29) is 12.0 Å². The van der Waals surface area contributed by atoms with E-state index < -0.39 is 17.4 Å². The van der Waals surface area contributed by atoms with E-state index in [2.05, 4.69) is 0 Å². The molecule has 0 radical (unpaired) electrons. The van der Waals surface area contributed by atoms with Gasteiger partial charge in [-0.05, 0) is 30.3 Å². The summed E-state index contributed by atoms with van der Waals surface area (Å²) in [7, 11) is 1.47. The molecule has 0 aliphatic heterocycles. The molecule has 20 heavy (non-hydrogen) atoms. The Morgan fingerprint density at radius 3 is 2.60 bits per heavy atom. The number of Topliss-reactive ketones (excluding diaryl/α,β-unsaturated/α-hetero) is 1. The topological polar surface area (TPSA) is 26.3 Å². The zero-order valence-corrected chi connectivity index (χ0v) is 11.4. The molecule has 0 aliphatic carbocycles. The summed E-state index contributed by atoms with van der Waals surface area (Å²) in [5.74, 6) is -1.58. The predicted octanol–water partition coefficient (Wildman–Crippen LogP) is 4.05. The first-order chi connectivity index (χ1) is 9.51. The second-order valence-corrected chi connectivity index (χ2v) is 4.62. The number of ketones is 1. The van der Waals surface area contributed by atoms with Crippen LogP contribution in [-0.4, -0.2) is 12.9 Å². The molecule has 0 saturated carbocycles. The van der Waals surface area contributed by atoms with Gasteiger partial charge < -0.3 is 4.74 Å². The highest BCUT2D eigenvalue weighted by Crippen LogP contribution is 2.24. The molecule has 5 heteroatoms. The number of carbonyl (C=O) groups is 1. The molecule has 0 spiro atoms. The van der Waals surface area contributed by atoms with Crippen LogP contribution in [0.4, 0.5) is 8.78 Å². The lowest BCUT2D eigenvalue weighted by atomic mass is 10.0. The largest absolute Gasteiger partial charge is 0.496 e. The summed E-state index contributed by atoms with van der Waals surface area (Å²) >= 11 is 5.86. The molecule has 104 valence electrons. The Morgan fingerprint density at radius 1 is 1.20 bits per heavy atom. The summed E-state index contributed by atoms with van der Waals surface area (Å²) in [6.45, 7) is 0. The fourth-order valence-electron chi connectivity index (χ4n) is 1.87. The van der Waals surface area contributed by atoms with E-state index in [1.54, 1.807) is 18.2 Å². The molecule has 0 heterocycles. The smallest absolute Gasteiger partial charge is 0.170 e. The molecule has 0 aliphatic rings. The lowest BCUT2D eigenvalue weighted by Gasteiger charge is -2.09. The average Bonchev–Trinajstić information content (AvgIpc) is 2.38. The zero-order chi connectivity index (χ0) is 14.7. The lowest BCUT2D eigenvalue weighted by Crippen LogP contribution is -2.07. The minimum absolute atomic E-state index is 0.0771. The van der Waals surface area contributed by atoms with Gasteiger partial charge in [0.25, 0.3) is 0 Å². The number of halogens is 3. The van der Waals surface area contributed by atoms with Crippen molar-refractivity contribution in [3.8, 4) is 5.75 Å². The van der Waals surface area contributed by atoms with Gasteiger partial charge in [0.2, 0.25) is 0 Å². The third-order valence-corrected chi connectivity index (χ3v) is 3.06. The summed E-state index contributed by atoms with van der Waals surface area (Å²) in [4.78, 5) is 12.1. The van der Waals surface area contributed by atoms with Crippen LogP contribution >= 0.6 is 11.6 Å². The number of hydrogen-bond acceptors (Lipinski definition) is 2. The van der Waals surface area contributed by atoms with Crippen LogP contribution in [0.25, 0.3) is 0 Å². The van der Waals surface area contributed by atoms with Gasteiger partial charge in [0.05, 0.1) is 12.7 Å². The van der Waals surface area contributed by atoms with Gasteiger partial charge in [-0.2, -0.15) is 0 Å². The maximum absolute atomic E-state index is 13.5. The Bertz CT molecular complexity index is 656. The van der Waals surface area contributed by atoms with Gasteiger partial charge in [0.1, 0.15) is 17.4 Å². The van der Waals surface area contributed by atoms with Crippen molar-refractivity contribution in [3.63, 3.8) is 0 Å². The number of carbonyl (C=O) groups excluding carboxylic acids is 1. The Kier molecular flexibility index (Phi) is 4.35. The maximum atomic E-state index is 13.5. The van der Waals surface area contributed by atoms with E-state index in [9.17, 15) is 13.6 Å². The van der Waals surface area contributed by atoms with E-state index in [1.807, 2.05) is 0 Å². The molecule has 0 atom stereocenters. The predicted molar refractivity (Wildman–Crippen MR) is 72.4 cm³/mol. The minimum Gasteiger partial charge on any atom is -0.496 e. The van der Waals surface area contributed by atoms with Crippen molar-refractivity contribution in [2.45, 2.75) is 6.42 Å². The van der Waals surface area contributed by atoms with Gasteiger partial charge in [-0.1, -0.05) is 11.6 Å². The van der Waals surface area contributed by atoms with Gasteiger partial charge in [0, 0.05) is 23.1 Å².